The number of piperazine rings is 1. The van der Waals surface area contributed by atoms with Gasteiger partial charge in [0.15, 0.2) is 0 Å². The number of amides is 1. The van der Waals surface area contributed by atoms with Crippen molar-refractivity contribution >= 4 is 17.6 Å². The standard InChI is InChI=1S/C16H24N4O4/c1-11-6-7-17-14(13(11)20(22)23)18-8-9-19(12(2)10-18)15(21)24-16(3,4)5/h6-7,12H,8-10H2,1-5H3/t12-/m1/s1. The Balaban J connectivity index is 2.16. The highest BCUT2D eigenvalue weighted by molar-refractivity contribution is 5.69. The molecule has 1 aliphatic rings. The van der Waals surface area contributed by atoms with Crippen LogP contribution in [-0.2, 0) is 4.74 Å². The van der Waals surface area contributed by atoms with Crippen molar-refractivity contribution in [2.24, 2.45) is 0 Å². The summed E-state index contributed by atoms with van der Waals surface area (Å²) >= 11 is 0. The van der Waals surface area contributed by atoms with E-state index >= 15 is 0 Å². The van der Waals surface area contributed by atoms with Crippen LogP contribution in [0.1, 0.15) is 33.3 Å². The van der Waals surface area contributed by atoms with Crippen LogP contribution in [0.25, 0.3) is 0 Å². The lowest BCUT2D eigenvalue weighted by molar-refractivity contribution is -0.384. The van der Waals surface area contributed by atoms with E-state index in [9.17, 15) is 14.9 Å². The summed E-state index contributed by atoms with van der Waals surface area (Å²) in [5.41, 5.74) is 0.0489. The summed E-state index contributed by atoms with van der Waals surface area (Å²) in [6.07, 6.45) is 1.21. The van der Waals surface area contributed by atoms with Crippen LogP contribution in [0.5, 0.6) is 0 Å². The van der Waals surface area contributed by atoms with Crippen LogP contribution in [0.15, 0.2) is 12.3 Å². The SMILES string of the molecule is Cc1ccnc(N2CCN(C(=O)OC(C)(C)C)[C@H](C)C2)c1[N+](=O)[O-]. The van der Waals surface area contributed by atoms with Gasteiger partial charge in [-0.05, 0) is 40.7 Å². The number of ether oxygens (including phenoxy) is 1. The van der Waals surface area contributed by atoms with Gasteiger partial charge in [-0.3, -0.25) is 10.1 Å². The molecule has 0 bridgehead atoms. The number of hydrogen-bond donors (Lipinski definition) is 0. The quantitative estimate of drug-likeness (QED) is 0.609. The predicted octanol–water partition coefficient (Wildman–Crippen LogP) is 2.74. The molecule has 1 aromatic rings. The fraction of sp³-hybridized carbons (Fsp3) is 0.625. The molecular weight excluding hydrogens is 312 g/mol. The van der Waals surface area contributed by atoms with E-state index in [1.165, 1.54) is 0 Å². The second-order valence-corrected chi connectivity index (χ2v) is 7.03. The number of carbonyl (C=O) groups excluding carboxylic acids is 1. The van der Waals surface area contributed by atoms with Crippen molar-refractivity contribution in [3.8, 4) is 0 Å². The fourth-order valence-corrected chi connectivity index (χ4v) is 2.73. The third-order valence-corrected chi connectivity index (χ3v) is 3.84. The Kier molecular flexibility index (Phi) is 4.96. The van der Waals surface area contributed by atoms with E-state index < -0.39 is 10.5 Å². The number of carbonyl (C=O) groups is 1. The molecule has 132 valence electrons. The zero-order chi connectivity index (χ0) is 18.1. The average Bonchev–Trinajstić information content (AvgIpc) is 2.44. The summed E-state index contributed by atoms with van der Waals surface area (Å²) < 4.78 is 5.41. The smallest absolute Gasteiger partial charge is 0.410 e. The Morgan fingerprint density at radius 2 is 2.08 bits per heavy atom. The molecule has 1 aliphatic heterocycles. The zero-order valence-corrected chi connectivity index (χ0v) is 14.8. The van der Waals surface area contributed by atoms with Crippen molar-refractivity contribution in [2.75, 3.05) is 24.5 Å². The maximum Gasteiger partial charge on any atom is 0.410 e. The molecule has 2 heterocycles. The van der Waals surface area contributed by atoms with Crippen molar-refractivity contribution < 1.29 is 14.5 Å². The molecule has 0 aliphatic carbocycles. The van der Waals surface area contributed by atoms with Gasteiger partial charge in [-0.25, -0.2) is 9.78 Å². The fourth-order valence-electron chi connectivity index (χ4n) is 2.73. The van der Waals surface area contributed by atoms with E-state index in [4.69, 9.17) is 4.74 Å². The van der Waals surface area contributed by atoms with Crippen LogP contribution in [0.4, 0.5) is 16.3 Å². The monoisotopic (exact) mass is 336 g/mol. The van der Waals surface area contributed by atoms with Crippen LogP contribution in [0, 0.1) is 17.0 Å². The lowest BCUT2D eigenvalue weighted by atomic mass is 10.1. The summed E-state index contributed by atoms with van der Waals surface area (Å²) in [5.74, 6) is 0.357. The number of aryl methyl sites for hydroxylation is 1. The number of anilines is 1. The Hall–Kier alpha value is -2.38. The summed E-state index contributed by atoms with van der Waals surface area (Å²) in [7, 11) is 0. The first-order valence-electron chi connectivity index (χ1n) is 7.94. The molecule has 24 heavy (non-hydrogen) atoms. The highest BCUT2D eigenvalue weighted by Crippen LogP contribution is 2.30. The molecule has 1 fully saturated rings. The Morgan fingerprint density at radius 1 is 1.42 bits per heavy atom. The maximum atomic E-state index is 12.3. The van der Waals surface area contributed by atoms with Crippen LogP contribution in [-0.4, -0.2) is 52.2 Å². The van der Waals surface area contributed by atoms with Crippen molar-refractivity contribution in [2.45, 2.75) is 46.3 Å². The summed E-state index contributed by atoms with van der Waals surface area (Å²) in [6.45, 7) is 10.4. The molecule has 1 aromatic heterocycles. The highest BCUT2D eigenvalue weighted by atomic mass is 16.6. The first-order valence-corrected chi connectivity index (χ1v) is 7.94. The Labute approximate surface area is 141 Å². The third-order valence-electron chi connectivity index (χ3n) is 3.84. The predicted molar refractivity (Wildman–Crippen MR) is 90.2 cm³/mol. The molecule has 0 saturated carbocycles. The molecule has 0 aromatic carbocycles. The second-order valence-electron chi connectivity index (χ2n) is 7.03. The molecule has 0 N–H and O–H groups in total. The topological polar surface area (TPSA) is 88.8 Å². The molecule has 1 atom stereocenters. The van der Waals surface area contributed by atoms with Crippen LogP contribution in [0.2, 0.25) is 0 Å². The molecule has 2 rings (SSSR count). The Morgan fingerprint density at radius 3 is 2.62 bits per heavy atom. The molecule has 1 amide bonds. The lowest BCUT2D eigenvalue weighted by Gasteiger charge is -2.40. The first kappa shape index (κ1) is 18.0. The Bertz CT molecular complexity index is 641. The van der Waals surface area contributed by atoms with Crippen LogP contribution in [0.3, 0.4) is 0 Å². The number of aromatic nitrogens is 1. The van der Waals surface area contributed by atoms with Gasteiger partial charge in [-0.2, -0.15) is 0 Å². The molecule has 8 heteroatoms. The van der Waals surface area contributed by atoms with Gasteiger partial charge in [0.2, 0.25) is 5.82 Å². The van der Waals surface area contributed by atoms with E-state index in [0.717, 1.165) is 0 Å². The molecule has 1 saturated heterocycles. The van der Waals surface area contributed by atoms with E-state index in [-0.39, 0.29) is 17.8 Å². The number of hydrogen-bond acceptors (Lipinski definition) is 6. The summed E-state index contributed by atoms with van der Waals surface area (Å²) in [6, 6.07) is 1.50. The van der Waals surface area contributed by atoms with Crippen LogP contribution < -0.4 is 4.90 Å². The van der Waals surface area contributed by atoms with E-state index in [1.807, 2.05) is 32.6 Å². The minimum absolute atomic E-state index is 0.0235. The van der Waals surface area contributed by atoms with Gasteiger partial charge in [-0.1, -0.05) is 0 Å². The van der Waals surface area contributed by atoms with E-state index in [1.54, 1.807) is 24.1 Å². The normalized spacial score (nSPS) is 18.5. The maximum absolute atomic E-state index is 12.3. The van der Waals surface area contributed by atoms with E-state index in [2.05, 4.69) is 4.98 Å². The largest absolute Gasteiger partial charge is 0.444 e. The molecule has 0 spiro atoms. The van der Waals surface area contributed by atoms with Gasteiger partial charge in [0.1, 0.15) is 5.60 Å². The number of rotatable bonds is 2. The second kappa shape index (κ2) is 6.62. The molecule has 0 radical (unpaired) electrons. The van der Waals surface area contributed by atoms with Gasteiger partial charge in [0.25, 0.3) is 0 Å². The van der Waals surface area contributed by atoms with Gasteiger partial charge >= 0.3 is 11.8 Å². The van der Waals surface area contributed by atoms with Gasteiger partial charge in [-0.15, -0.1) is 0 Å². The van der Waals surface area contributed by atoms with Gasteiger partial charge in [0, 0.05) is 37.4 Å². The number of pyridine rings is 1. The minimum atomic E-state index is -0.551. The first-order chi connectivity index (χ1) is 11.1. The van der Waals surface area contributed by atoms with Crippen molar-refractivity contribution in [1.82, 2.24) is 9.88 Å². The van der Waals surface area contributed by atoms with E-state index in [0.29, 0.717) is 31.0 Å². The number of nitrogens with zero attached hydrogens (tertiary/aromatic N) is 4. The zero-order valence-electron chi connectivity index (χ0n) is 14.8. The molecular formula is C16H24N4O4. The lowest BCUT2D eigenvalue weighted by Crippen LogP contribution is -2.55. The van der Waals surface area contributed by atoms with Crippen molar-refractivity contribution in [1.29, 1.82) is 0 Å². The van der Waals surface area contributed by atoms with Gasteiger partial charge in [0.05, 0.1) is 4.92 Å². The molecule has 8 nitrogen and oxygen atoms in total. The van der Waals surface area contributed by atoms with Gasteiger partial charge < -0.3 is 14.5 Å². The highest BCUT2D eigenvalue weighted by Gasteiger charge is 2.33. The summed E-state index contributed by atoms with van der Waals surface area (Å²) in [4.78, 5) is 30.9. The van der Waals surface area contributed by atoms with Crippen LogP contribution >= 0.6 is 0 Å². The van der Waals surface area contributed by atoms with Crippen molar-refractivity contribution in [3.05, 3.63) is 27.9 Å². The average molecular weight is 336 g/mol. The molecule has 0 unspecified atom stereocenters. The summed E-state index contributed by atoms with van der Waals surface area (Å²) in [5, 5.41) is 11.4. The number of nitro groups is 1. The minimum Gasteiger partial charge on any atom is -0.444 e. The van der Waals surface area contributed by atoms with Crippen molar-refractivity contribution in [3.63, 3.8) is 0 Å². The third kappa shape index (κ3) is 3.93.